The van der Waals surface area contributed by atoms with Crippen molar-refractivity contribution in [3.63, 3.8) is 0 Å². The Kier molecular flexibility index (Phi) is 4.92. The van der Waals surface area contributed by atoms with E-state index in [4.69, 9.17) is 10.5 Å². The molecule has 0 saturated carbocycles. The molecule has 1 unspecified atom stereocenters. The van der Waals surface area contributed by atoms with Crippen molar-refractivity contribution in [3.8, 4) is 0 Å². The van der Waals surface area contributed by atoms with Crippen LogP contribution in [-0.4, -0.2) is 90.5 Å². The minimum Gasteiger partial charge on any atom is -0.387 e. The van der Waals surface area contributed by atoms with E-state index in [-0.39, 0.29) is 12.3 Å². The van der Waals surface area contributed by atoms with Gasteiger partial charge in [-0.25, -0.2) is 4.99 Å². The third kappa shape index (κ3) is 2.87. The molecule has 0 bridgehead atoms. The summed E-state index contributed by atoms with van der Waals surface area (Å²) in [7, 11) is 1.78. The first-order valence-electron chi connectivity index (χ1n) is 7.87. The van der Waals surface area contributed by atoms with Gasteiger partial charge < -0.3 is 30.9 Å². The maximum absolute atomic E-state index is 10.4. The van der Waals surface area contributed by atoms with E-state index in [0.717, 1.165) is 6.54 Å². The van der Waals surface area contributed by atoms with E-state index in [1.54, 1.807) is 11.9 Å². The minimum absolute atomic E-state index is 0.266. The topological polar surface area (TPSA) is 140 Å². The molecule has 2 saturated heterocycles. The summed E-state index contributed by atoms with van der Waals surface area (Å²) in [6.07, 6.45) is -2.59. The number of amidine groups is 1. The molecule has 7 atom stereocenters. The van der Waals surface area contributed by atoms with Gasteiger partial charge in [0, 0.05) is 6.54 Å². The van der Waals surface area contributed by atoms with Crippen LogP contribution in [-0.2, 0) is 4.74 Å². The average Bonchev–Trinajstić information content (AvgIpc) is 3.05. The predicted octanol–water partition coefficient (Wildman–Crippen LogP) is -3.46. The van der Waals surface area contributed by atoms with Crippen molar-refractivity contribution in [3.05, 3.63) is 0 Å². The third-order valence-corrected chi connectivity index (χ3v) is 4.41. The van der Waals surface area contributed by atoms with E-state index >= 15 is 0 Å². The SMILES string of the molecule is CCNC[C@H]1O[C@@H](N2C3=NC=N[C@@H](N)C3N[C@H]2NC)[C@H](O)[C@@H]1O. The first kappa shape index (κ1) is 16.7. The normalized spacial score (nSPS) is 42.9. The van der Waals surface area contributed by atoms with E-state index in [9.17, 15) is 10.2 Å². The number of likely N-dealkylation sites (N-methyl/N-ethyl adjacent to an activating group) is 1. The number of rotatable bonds is 5. The zero-order valence-electron chi connectivity index (χ0n) is 13.3. The zero-order chi connectivity index (χ0) is 16.6. The number of fused-ring (bicyclic) bond motifs is 1. The second-order valence-electron chi connectivity index (χ2n) is 5.84. The van der Waals surface area contributed by atoms with Gasteiger partial charge in [0.1, 0.15) is 49.0 Å². The number of aliphatic hydroxyl groups excluding tert-OH is 2. The molecule has 0 amide bonds. The largest absolute Gasteiger partial charge is 0.387 e. The molecule has 10 nitrogen and oxygen atoms in total. The summed E-state index contributed by atoms with van der Waals surface area (Å²) in [5.74, 6) is 0.646. The molecule has 0 spiro atoms. The molecule has 23 heavy (non-hydrogen) atoms. The highest BCUT2D eigenvalue weighted by Crippen LogP contribution is 2.29. The van der Waals surface area contributed by atoms with Crippen LogP contribution in [0, 0.1) is 0 Å². The fourth-order valence-electron chi connectivity index (χ4n) is 3.19. The van der Waals surface area contributed by atoms with Crippen LogP contribution in [0.1, 0.15) is 6.92 Å². The van der Waals surface area contributed by atoms with Gasteiger partial charge >= 0.3 is 0 Å². The van der Waals surface area contributed by atoms with Crippen LogP contribution in [0.15, 0.2) is 9.98 Å². The van der Waals surface area contributed by atoms with Crippen LogP contribution in [0.3, 0.4) is 0 Å². The van der Waals surface area contributed by atoms with Crippen molar-refractivity contribution >= 4 is 12.2 Å². The molecule has 2 fully saturated rings. The maximum atomic E-state index is 10.4. The van der Waals surface area contributed by atoms with Crippen molar-refractivity contribution in [2.75, 3.05) is 20.1 Å². The van der Waals surface area contributed by atoms with Crippen LogP contribution in [0.4, 0.5) is 0 Å². The number of hydrogen-bond acceptors (Lipinski definition) is 10. The molecular weight excluding hydrogens is 302 g/mol. The van der Waals surface area contributed by atoms with Gasteiger partial charge in [-0.15, -0.1) is 0 Å². The highest BCUT2D eigenvalue weighted by molar-refractivity contribution is 5.97. The number of hydrogen-bond donors (Lipinski definition) is 6. The molecule has 10 heteroatoms. The number of aliphatic imine (C=N–C) groups is 2. The molecule has 0 aromatic heterocycles. The van der Waals surface area contributed by atoms with Crippen molar-refractivity contribution in [1.29, 1.82) is 0 Å². The molecule has 3 rings (SSSR count). The summed E-state index contributed by atoms with van der Waals surface area (Å²) in [4.78, 5) is 10.2. The summed E-state index contributed by atoms with van der Waals surface area (Å²) >= 11 is 0. The molecule has 3 aliphatic rings. The minimum atomic E-state index is -1.05. The summed E-state index contributed by atoms with van der Waals surface area (Å²) in [5.41, 5.74) is 5.99. The summed E-state index contributed by atoms with van der Waals surface area (Å²) < 4.78 is 5.91. The number of nitrogens with zero attached hydrogens (tertiary/aromatic N) is 3. The standard InChI is InChI=1S/C13H25N7O3/c1-3-16-4-6-8(21)9(22)12(23-6)20-11-7(19-13(20)15-2)10(14)17-5-18-11/h5-10,12-13,15-16,19,21-22H,3-4,14H2,1-2H3/t6-,7?,8-,9-,10-,12-,13-/m1/s1. The van der Waals surface area contributed by atoms with Gasteiger partial charge in [-0.1, -0.05) is 6.92 Å². The van der Waals surface area contributed by atoms with E-state index in [1.165, 1.54) is 6.34 Å². The summed E-state index contributed by atoms with van der Waals surface area (Å²) in [6.45, 7) is 3.20. The third-order valence-electron chi connectivity index (χ3n) is 4.41. The first-order chi connectivity index (χ1) is 11.1. The molecule has 0 aromatic rings. The first-order valence-corrected chi connectivity index (χ1v) is 7.87. The number of aliphatic hydroxyl groups is 2. The van der Waals surface area contributed by atoms with Crippen LogP contribution < -0.4 is 21.7 Å². The van der Waals surface area contributed by atoms with Crippen LogP contribution in [0.5, 0.6) is 0 Å². The molecule has 0 aliphatic carbocycles. The Bertz CT molecular complexity index is 488. The lowest BCUT2D eigenvalue weighted by molar-refractivity contribution is -0.0743. The molecule has 0 radical (unpaired) electrons. The lowest BCUT2D eigenvalue weighted by Crippen LogP contribution is -2.55. The summed E-state index contributed by atoms with van der Waals surface area (Å²) in [5, 5.41) is 30.2. The number of ether oxygens (including phenoxy) is 1. The van der Waals surface area contributed by atoms with Gasteiger partial charge in [-0.05, 0) is 13.6 Å². The van der Waals surface area contributed by atoms with Crippen LogP contribution >= 0.6 is 0 Å². The van der Waals surface area contributed by atoms with Gasteiger partial charge in [-0.3, -0.25) is 15.6 Å². The highest BCUT2D eigenvalue weighted by Gasteiger charge is 2.52. The molecule has 3 heterocycles. The van der Waals surface area contributed by atoms with E-state index in [0.29, 0.717) is 12.4 Å². The highest BCUT2D eigenvalue weighted by atomic mass is 16.6. The maximum Gasteiger partial charge on any atom is 0.162 e. The van der Waals surface area contributed by atoms with Crippen LogP contribution in [0.25, 0.3) is 0 Å². The van der Waals surface area contributed by atoms with Crippen molar-refractivity contribution in [2.24, 2.45) is 15.7 Å². The molecular formula is C13H25N7O3. The van der Waals surface area contributed by atoms with Gasteiger partial charge in [0.25, 0.3) is 0 Å². The van der Waals surface area contributed by atoms with Gasteiger partial charge in [-0.2, -0.15) is 0 Å². The number of nitrogens with one attached hydrogen (secondary N) is 3. The Morgan fingerprint density at radius 1 is 1.43 bits per heavy atom. The zero-order valence-corrected chi connectivity index (χ0v) is 13.3. The van der Waals surface area contributed by atoms with Crippen molar-refractivity contribution in [2.45, 2.75) is 50.0 Å². The molecule has 130 valence electrons. The Hall–Kier alpha value is -1.14. The Labute approximate surface area is 134 Å². The summed E-state index contributed by atoms with van der Waals surface area (Å²) in [6, 6.07) is -0.266. The Morgan fingerprint density at radius 2 is 2.22 bits per heavy atom. The monoisotopic (exact) mass is 327 g/mol. The second kappa shape index (κ2) is 6.77. The van der Waals surface area contributed by atoms with E-state index in [1.807, 2.05) is 6.92 Å². The smallest absolute Gasteiger partial charge is 0.162 e. The lowest BCUT2D eigenvalue weighted by Gasteiger charge is -2.33. The quantitative estimate of drug-likeness (QED) is 0.306. The van der Waals surface area contributed by atoms with Crippen molar-refractivity contribution < 1.29 is 14.9 Å². The average molecular weight is 327 g/mol. The second-order valence-corrected chi connectivity index (χ2v) is 5.84. The lowest BCUT2D eigenvalue weighted by atomic mass is 10.1. The van der Waals surface area contributed by atoms with Crippen molar-refractivity contribution in [1.82, 2.24) is 20.9 Å². The van der Waals surface area contributed by atoms with E-state index in [2.05, 4.69) is 25.9 Å². The number of nitrogens with two attached hydrogens (primary N) is 1. The van der Waals surface area contributed by atoms with Gasteiger partial charge in [0.15, 0.2) is 6.23 Å². The predicted molar refractivity (Wildman–Crippen MR) is 84.7 cm³/mol. The fourth-order valence-corrected chi connectivity index (χ4v) is 3.19. The van der Waals surface area contributed by atoms with Gasteiger partial charge in [0.2, 0.25) is 0 Å². The molecule has 7 N–H and O–H groups in total. The van der Waals surface area contributed by atoms with Crippen LogP contribution in [0.2, 0.25) is 0 Å². The van der Waals surface area contributed by atoms with E-state index < -0.39 is 30.7 Å². The molecule has 3 aliphatic heterocycles. The molecule has 0 aromatic carbocycles. The van der Waals surface area contributed by atoms with Gasteiger partial charge in [0.05, 0.1) is 0 Å². The Morgan fingerprint density at radius 3 is 2.91 bits per heavy atom. The Balaban J connectivity index is 1.81. The fraction of sp³-hybridized carbons (Fsp3) is 0.846.